The number of Topliss-reactive ketones (excluding diaryl/α,β-unsaturated/α-hetero) is 1. The maximum absolute atomic E-state index is 13.0. The summed E-state index contributed by atoms with van der Waals surface area (Å²) in [5, 5.41) is 0. The van der Waals surface area contributed by atoms with Gasteiger partial charge in [-0.25, -0.2) is 0 Å². The maximum Gasteiger partial charge on any atom is 0.307 e. The second-order valence-electron chi connectivity index (χ2n) is 7.65. The molecule has 1 aliphatic heterocycles. The highest BCUT2D eigenvalue weighted by atomic mass is 16.5. The third-order valence-electron chi connectivity index (χ3n) is 5.80. The van der Waals surface area contributed by atoms with E-state index in [2.05, 4.69) is 15.9 Å². The largest absolute Gasteiger partial charge is 0.497 e. The predicted octanol–water partition coefficient (Wildman–Crippen LogP) is 2.68. The second kappa shape index (κ2) is 9.80. The van der Waals surface area contributed by atoms with E-state index in [4.69, 9.17) is 9.47 Å². The molecule has 0 saturated carbocycles. The Labute approximate surface area is 178 Å². The van der Waals surface area contributed by atoms with Gasteiger partial charge in [-0.1, -0.05) is 6.07 Å². The van der Waals surface area contributed by atoms with Gasteiger partial charge in [-0.15, -0.1) is 0 Å². The van der Waals surface area contributed by atoms with Crippen LogP contribution in [0.3, 0.4) is 0 Å². The number of esters is 1. The standard InChI is InChI=1S/C23H31N3O4/c1-17-14-21(18(2)26(17)9-8-23(28)30-4)22(27)16-24-10-12-25(13-11-24)19-6-5-7-20(15-19)29-3/h5-7,14-15H,8-13,16H2,1-4H3. The lowest BCUT2D eigenvalue weighted by molar-refractivity contribution is -0.140. The molecule has 7 heteroatoms. The number of rotatable bonds is 8. The zero-order chi connectivity index (χ0) is 21.7. The van der Waals surface area contributed by atoms with Crippen LogP contribution in [0.4, 0.5) is 5.69 Å². The third-order valence-corrected chi connectivity index (χ3v) is 5.80. The van der Waals surface area contributed by atoms with Crippen LogP contribution in [0.1, 0.15) is 28.2 Å². The monoisotopic (exact) mass is 413 g/mol. The van der Waals surface area contributed by atoms with Crippen molar-refractivity contribution in [3.8, 4) is 5.75 Å². The second-order valence-corrected chi connectivity index (χ2v) is 7.65. The zero-order valence-corrected chi connectivity index (χ0v) is 18.3. The van der Waals surface area contributed by atoms with Crippen LogP contribution >= 0.6 is 0 Å². The van der Waals surface area contributed by atoms with Gasteiger partial charge in [0.25, 0.3) is 0 Å². The van der Waals surface area contributed by atoms with Crippen molar-refractivity contribution in [2.24, 2.45) is 0 Å². The molecule has 1 fully saturated rings. The van der Waals surface area contributed by atoms with Crippen molar-refractivity contribution in [3.63, 3.8) is 0 Å². The Hall–Kier alpha value is -2.80. The molecular formula is C23H31N3O4. The van der Waals surface area contributed by atoms with Gasteiger partial charge >= 0.3 is 5.97 Å². The Morgan fingerprint density at radius 2 is 1.77 bits per heavy atom. The van der Waals surface area contributed by atoms with E-state index >= 15 is 0 Å². The number of hydrogen-bond acceptors (Lipinski definition) is 6. The molecule has 1 aromatic heterocycles. The fourth-order valence-corrected chi connectivity index (χ4v) is 3.99. The molecule has 7 nitrogen and oxygen atoms in total. The Morgan fingerprint density at radius 3 is 2.43 bits per heavy atom. The van der Waals surface area contributed by atoms with Crippen molar-refractivity contribution < 1.29 is 19.1 Å². The fraction of sp³-hybridized carbons (Fsp3) is 0.478. The number of benzene rings is 1. The average molecular weight is 414 g/mol. The summed E-state index contributed by atoms with van der Waals surface area (Å²) in [6, 6.07) is 10.0. The molecule has 3 rings (SSSR count). The number of carbonyl (C=O) groups is 2. The smallest absolute Gasteiger partial charge is 0.307 e. The Morgan fingerprint density at radius 1 is 1.03 bits per heavy atom. The summed E-state index contributed by atoms with van der Waals surface area (Å²) in [7, 11) is 3.07. The summed E-state index contributed by atoms with van der Waals surface area (Å²) < 4.78 is 12.1. The van der Waals surface area contributed by atoms with E-state index in [9.17, 15) is 9.59 Å². The molecule has 2 aromatic rings. The summed E-state index contributed by atoms with van der Waals surface area (Å²) in [6.07, 6.45) is 0.298. The van der Waals surface area contributed by atoms with E-state index in [1.807, 2.05) is 42.7 Å². The lowest BCUT2D eigenvalue weighted by Gasteiger charge is -2.35. The van der Waals surface area contributed by atoms with Gasteiger partial charge in [0.1, 0.15) is 5.75 Å². The van der Waals surface area contributed by atoms with Crippen LogP contribution in [0, 0.1) is 13.8 Å². The highest BCUT2D eigenvalue weighted by Gasteiger charge is 2.22. The first-order valence-corrected chi connectivity index (χ1v) is 10.3. The average Bonchev–Trinajstić information content (AvgIpc) is 3.06. The van der Waals surface area contributed by atoms with E-state index in [-0.39, 0.29) is 11.8 Å². The SMILES string of the molecule is COC(=O)CCn1c(C)cc(C(=O)CN2CCN(c3cccc(OC)c3)CC2)c1C. The Balaban J connectivity index is 1.57. The van der Waals surface area contributed by atoms with E-state index in [1.54, 1.807) is 7.11 Å². The van der Waals surface area contributed by atoms with Gasteiger partial charge in [-0.3, -0.25) is 14.5 Å². The van der Waals surface area contributed by atoms with Gasteiger partial charge in [0, 0.05) is 61.4 Å². The van der Waals surface area contributed by atoms with Crippen LogP contribution in [0.15, 0.2) is 30.3 Å². The number of hydrogen-bond donors (Lipinski definition) is 0. The summed E-state index contributed by atoms with van der Waals surface area (Å²) in [4.78, 5) is 28.9. The van der Waals surface area contributed by atoms with E-state index in [0.717, 1.165) is 54.6 Å². The molecule has 0 N–H and O–H groups in total. The number of piperazine rings is 1. The molecule has 2 heterocycles. The van der Waals surface area contributed by atoms with Crippen LogP contribution < -0.4 is 9.64 Å². The number of carbonyl (C=O) groups excluding carboxylic acids is 2. The summed E-state index contributed by atoms with van der Waals surface area (Å²) in [5.74, 6) is 0.735. The number of anilines is 1. The van der Waals surface area contributed by atoms with Crippen molar-refractivity contribution in [3.05, 3.63) is 47.3 Å². The molecule has 0 bridgehead atoms. The molecule has 1 aliphatic rings. The molecule has 0 spiro atoms. The lowest BCUT2D eigenvalue weighted by atomic mass is 10.1. The van der Waals surface area contributed by atoms with Crippen molar-refractivity contribution >= 4 is 17.4 Å². The third kappa shape index (κ3) is 5.02. The molecule has 0 unspecified atom stereocenters. The van der Waals surface area contributed by atoms with E-state index in [1.165, 1.54) is 7.11 Å². The Kier molecular flexibility index (Phi) is 7.15. The molecular weight excluding hydrogens is 382 g/mol. The van der Waals surface area contributed by atoms with Gasteiger partial charge in [0.15, 0.2) is 5.78 Å². The molecule has 1 aromatic carbocycles. The van der Waals surface area contributed by atoms with Gasteiger partial charge in [0.2, 0.25) is 0 Å². The van der Waals surface area contributed by atoms with Crippen molar-refractivity contribution in [1.82, 2.24) is 9.47 Å². The highest BCUT2D eigenvalue weighted by Crippen LogP contribution is 2.22. The number of ketones is 1. The number of aromatic nitrogens is 1. The van der Waals surface area contributed by atoms with Gasteiger partial charge < -0.3 is 18.9 Å². The van der Waals surface area contributed by atoms with Crippen LogP contribution in [0.5, 0.6) is 5.75 Å². The number of nitrogens with zero attached hydrogens (tertiary/aromatic N) is 3. The number of aryl methyl sites for hydroxylation is 1. The highest BCUT2D eigenvalue weighted by molar-refractivity contribution is 5.99. The van der Waals surface area contributed by atoms with Gasteiger partial charge in [0.05, 0.1) is 27.2 Å². The molecule has 162 valence electrons. The van der Waals surface area contributed by atoms with Crippen LogP contribution in [-0.4, -0.2) is 68.2 Å². The zero-order valence-electron chi connectivity index (χ0n) is 18.3. The first-order chi connectivity index (χ1) is 14.4. The summed E-state index contributed by atoms with van der Waals surface area (Å²) in [6.45, 7) is 8.27. The lowest BCUT2D eigenvalue weighted by Crippen LogP contribution is -2.48. The summed E-state index contributed by atoms with van der Waals surface area (Å²) in [5.41, 5.74) is 3.79. The molecule has 30 heavy (non-hydrogen) atoms. The quantitative estimate of drug-likeness (QED) is 0.490. The van der Waals surface area contributed by atoms with Crippen LogP contribution in [0.25, 0.3) is 0 Å². The molecule has 0 amide bonds. The first kappa shape index (κ1) is 21.9. The number of methoxy groups -OCH3 is 2. The van der Waals surface area contributed by atoms with E-state index < -0.39 is 0 Å². The predicted molar refractivity (Wildman–Crippen MR) is 117 cm³/mol. The molecule has 0 aliphatic carbocycles. The minimum absolute atomic E-state index is 0.127. The molecule has 0 radical (unpaired) electrons. The minimum Gasteiger partial charge on any atom is -0.497 e. The van der Waals surface area contributed by atoms with Crippen molar-refractivity contribution in [1.29, 1.82) is 0 Å². The summed E-state index contributed by atoms with van der Waals surface area (Å²) >= 11 is 0. The van der Waals surface area contributed by atoms with E-state index in [0.29, 0.717) is 19.5 Å². The minimum atomic E-state index is -0.246. The topological polar surface area (TPSA) is 64.0 Å². The molecule has 0 atom stereocenters. The van der Waals surface area contributed by atoms with Gasteiger partial charge in [-0.05, 0) is 32.0 Å². The van der Waals surface area contributed by atoms with Crippen LogP contribution in [-0.2, 0) is 16.1 Å². The van der Waals surface area contributed by atoms with Crippen molar-refractivity contribution in [2.75, 3.05) is 51.8 Å². The maximum atomic E-state index is 13.0. The van der Waals surface area contributed by atoms with Crippen LogP contribution in [0.2, 0.25) is 0 Å². The van der Waals surface area contributed by atoms with Gasteiger partial charge in [-0.2, -0.15) is 0 Å². The Bertz CT molecular complexity index is 898. The first-order valence-electron chi connectivity index (χ1n) is 10.3. The van der Waals surface area contributed by atoms with Crippen molar-refractivity contribution in [2.45, 2.75) is 26.8 Å². The normalized spacial score (nSPS) is 14.6. The molecule has 1 saturated heterocycles. The number of ether oxygens (including phenoxy) is 2. The fourth-order valence-electron chi connectivity index (χ4n) is 3.99.